The summed E-state index contributed by atoms with van der Waals surface area (Å²) >= 11 is 1.32. The molecular formula is C13H11N5O2S. The number of nitrogens with zero attached hydrogens (tertiary/aromatic N) is 2. The van der Waals surface area contributed by atoms with E-state index in [1.807, 2.05) is 6.20 Å². The minimum absolute atomic E-state index is 0.461. The zero-order chi connectivity index (χ0) is 14.4. The number of fused-ring (bicyclic) bond motifs is 2. The van der Waals surface area contributed by atoms with Gasteiger partial charge < -0.3 is 20.8 Å². The van der Waals surface area contributed by atoms with Crippen molar-refractivity contribution in [2.75, 3.05) is 18.5 Å². The third-order valence-corrected chi connectivity index (χ3v) is 4.56. The van der Waals surface area contributed by atoms with Crippen LogP contribution in [0.3, 0.4) is 0 Å². The highest BCUT2D eigenvalue weighted by atomic mass is 32.1. The molecule has 0 unspecified atom stereocenters. The molecule has 0 aromatic carbocycles. The highest BCUT2D eigenvalue weighted by Crippen LogP contribution is 2.48. The van der Waals surface area contributed by atoms with Gasteiger partial charge in [-0.05, 0) is 0 Å². The molecule has 0 radical (unpaired) electrons. The minimum atomic E-state index is -0.461. The molecule has 3 aromatic rings. The van der Waals surface area contributed by atoms with E-state index >= 15 is 0 Å². The number of aromatic nitrogens is 3. The number of H-pyrrole nitrogens is 1. The van der Waals surface area contributed by atoms with Crippen molar-refractivity contribution in [1.82, 2.24) is 15.0 Å². The number of nitrogens with two attached hydrogens (primary N) is 1. The van der Waals surface area contributed by atoms with E-state index in [-0.39, 0.29) is 0 Å². The van der Waals surface area contributed by atoms with Gasteiger partial charge in [0.15, 0.2) is 5.75 Å². The quantitative estimate of drug-likeness (QED) is 0.666. The lowest BCUT2D eigenvalue weighted by Crippen LogP contribution is -2.20. The van der Waals surface area contributed by atoms with Crippen LogP contribution in [0.25, 0.3) is 21.5 Å². The van der Waals surface area contributed by atoms with Crippen molar-refractivity contribution in [3.8, 4) is 16.2 Å². The van der Waals surface area contributed by atoms with E-state index in [0.717, 1.165) is 21.5 Å². The van der Waals surface area contributed by atoms with Crippen LogP contribution in [0.1, 0.15) is 9.67 Å². The molecular weight excluding hydrogens is 290 g/mol. The van der Waals surface area contributed by atoms with Crippen molar-refractivity contribution in [2.24, 2.45) is 5.73 Å². The first-order valence-corrected chi connectivity index (χ1v) is 7.18. The Morgan fingerprint density at radius 3 is 3.24 bits per heavy atom. The molecule has 1 amide bonds. The number of primary amides is 1. The first-order valence-electron chi connectivity index (χ1n) is 6.36. The number of ether oxygens (including phenoxy) is 1. The molecule has 0 fully saturated rings. The zero-order valence-corrected chi connectivity index (χ0v) is 11.7. The standard InChI is InChI=1S/C13H11N5O2S/c14-12(19)11-8-9(20-2-1-16-8)10(21-11)6-4-17-13-7(6)3-15-5-18-13/h3-5,16H,1-2H2,(H2,14,19)(H,15,17,18). The second-order valence-corrected chi connectivity index (χ2v) is 5.61. The minimum Gasteiger partial charge on any atom is -0.488 e. The van der Waals surface area contributed by atoms with Crippen molar-refractivity contribution < 1.29 is 9.53 Å². The van der Waals surface area contributed by atoms with E-state index in [9.17, 15) is 4.79 Å². The number of carbonyl (C=O) groups is 1. The molecule has 21 heavy (non-hydrogen) atoms. The van der Waals surface area contributed by atoms with Crippen LogP contribution >= 0.6 is 11.3 Å². The molecule has 7 nitrogen and oxygen atoms in total. The van der Waals surface area contributed by atoms with Gasteiger partial charge in [-0.3, -0.25) is 4.79 Å². The predicted molar refractivity (Wildman–Crippen MR) is 79.7 cm³/mol. The SMILES string of the molecule is NC(=O)c1sc(-c2c[nH]c3ncncc23)c2c1NCCO2. The lowest BCUT2D eigenvalue weighted by Gasteiger charge is -2.17. The summed E-state index contributed by atoms with van der Waals surface area (Å²) in [6.45, 7) is 1.20. The monoisotopic (exact) mass is 301 g/mol. The summed E-state index contributed by atoms with van der Waals surface area (Å²) in [6.07, 6.45) is 5.06. The third kappa shape index (κ3) is 1.76. The molecule has 0 saturated carbocycles. The zero-order valence-electron chi connectivity index (χ0n) is 10.8. The molecule has 0 spiro atoms. The number of rotatable bonds is 2. The van der Waals surface area contributed by atoms with Crippen LogP contribution in [0, 0.1) is 0 Å². The Bertz CT molecular complexity index is 853. The van der Waals surface area contributed by atoms with Gasteiger partial charge in [-0.25, -0.2) is 9.97 Å². The summed E-state index contributed by atoms with van der Waals surface area (Å²) in [5.41, 5.74) is 7.79. The largest absolute Gasteiger partial charge is 0.488 e. The number of hydrogen-bond acceptors (Lipinski definition) is 6. The molecule has 0 saturated heterocycles. The van der Waals surface area contributed by atoms with Gasteiger partial charge in [0.1, 0.15) is 29.1 Å². The van der Waals surface area contributed by atoms with Crippen LogP contribution < -0.4 is 15.8 Å². The first-order chi connectivity index (χ1) is 10.3. The second-order valence-electron chi connectivity index (χ2n) is 4.59. The number of anilines is 1. The fraction of sp³-hybridized carbons (Fsp3) is 0.154. The summed E-state index contributed by atoms with van der Waals surface area (Å²) in [4.78, 5) is 24.3. The van der Waals surface area contributed by atoms with Crippen LogP contribution in [-0.4, -0.2) is 34.0 Å². The maximum absolute atomic E-state index is 11.6. The topological polar surface area (TPSA) is 106 Å². The summed E-state index contributed by atoms with van der Waals surface area (Å²) in [5, 5.41) is 4.07. The Morgan fingerprint density at radius 2 is 2.38 bits per heavy atom. The van der Waals surface area contributed by atoms with Crippen molar-refractivity contribution >= 4 is 34.0 Å². The molecule has 4 rings (SSSR count). The molecule has 1 aliphatic heterocycles. The number of amides is 1. The van der Waals surface area contributed by atoms with E-state index in [1.54, 1.807) is 6.20 Å². The smallest absolute Gasteiger partial charge is 0.261 e. The van der Waals surface area contributed by atoms with Crippen molar-refractivity contribution in [2.45, 2.75) is 0 Å². The molecule has 8 heteroatoms. The maximum Gasteiger partial charge on any atom is 0.261 e. The summed E-state index contributed by atoms with van der Waals surface area (Å²) in [7, 11) is 0. The van der Waals surface area contributed by atoms with E-state index < -0.39 is 5.91 Å². The normalized spacial score (nSPS) is 13.5. The van der Waals surface area contributed by atoms with Crippen LogP contribution in [0.4, 0.5) is 5.69 Å². The number of aromatic amines is 1. The van der Waals surface area contributed by atoms with E-state index in [1.165, 1.54) is 17.7 Å². The highest BCUT2D eigenvalue weighted by Gasteiger charge is 2.27. The van der Waals surface area contributed by atoms with Gasteiger partial charge in [0.05, 0.1) is 4.88 Å². The highest BCUT2D eigenvalue weighted by molar-refractivity contribution is 7.18. The molecule has 1 aliphatic rings. The molecule has 4 N–H and O–H groups in total. The third-order valence-electron chi connectivity index (χ3n) is 3.34. The lowest BCUT2D eigenvalue weighted by atomic mass is 10.1. The Hall–Kier alpha value is -2.61. The molecule has 0 bridgehead atoms. The van der Waals surface area contributed by atoms with Crippen molar-refractivity contribution in [3.63, 3.8) is 0 Å². The molecule has 3 aromatic heterocycles. The Balaban J connectivity index is 1.98. The maximum atomic E-state index is 11.6. The fourth-order valence-electron chi connectivity index (χ4n) is 2.44. The number of nitrogens with one attached hydrogen (secondary N) is 2. The summed E-state index contributed by atoms with van der Waals surface area (Å²) in [5.74, 6) is 0.210. The number of carbonyl (C=O) groups excluding carboxylic acids is 1. The van der Waals surface area contributed by atoms with E-state index in [0.29, 0.717) is 29.5 Å². The number of thiophene rings is 1. The Morgan fingerprint density at radius 1 is 1.48 bits per heavy atom. The van der Waals surface area contributed by atoms with Gasteiger partial charge in [0.25, 0.3) is 5.91 Å². The fourth-order valence-corrected chi connectivity index (χ4v) is 3.55. The Labute approximate surface area is 123 Å². The van der Waals surface area contributed by atoms with Gasteiger partial charge in [-0.2, -0.15) is 0 Å². The second kappa shape index (κ2) is 4.45. The Kier molecular flexibility index (Phi) is 2.58. The molecule has 0 aliphatic carbocycles. The van der Waals surface area contributed by atoms with E-state index in [4.69, 9.17) is 10.5 Å². The van der Waals surface area contributed by atoms with Gasteiger partial charge in [0, 0.05) is 29.9 Å². The van der Waals surface area contributed by atoms with Gasteiger partial charge in [-0.1, -0.05) is 0 Å². The van der Waals surface area contributed by atoms with Crippen LogP contribution in [0.5, 0.6) is 5.75 Å². The molecule has 106 valence electrons. The van der Waals surface area contributed by atoms with E-state index in [2.05, 4.69) is 20.3 Å². The predicted octanol–water partition coefficient (Wildman–Crippen LogP) is 1.59. The van der Waals surface area contributed by atoms with Crippen LogP contribution in [-0.2, 0) is 0 Å². The average Bonchev–Trinajstić information content (AvgIpc) is 3.08. The average molecular weight is 301 g/mol. The van der Waals surface area contributed by atoms with Crippen molar-refractivity contribution in [1.29, 1.82) is 0 Å². The summed E-state index contributed by atoms with van der Waals surface area (Å²) in [6, 6.07) is 0. The number of hydrogen-bond donors (Lipinski definition) is 3. The van der Waals surface area contributed by atoms with Crippen LogP contribution in [0.2, 0.25) is 0 Å². The van der Waals surface area contributed by atoms with Gasteiger partial charge in [-0.15, -0.1) is 11.3 Å². The lowest BCUT2D eigenvalue weighted by molar-refractivity contribution is 0.100. The summed E-state index contributed by atoms with van der Waals surface area (Å²) < 4.78 is 5.74. The molecule has 0 atom stereocenters. The van der Waals surface area contributed by atoms with Gasteiger partial charge in [0.2, 0.25) is 0 Å². The van der Waals surface area contributed by atoms with Crippen molar-refractivity contribution in [3.05, 3.63) is 23.6 Å². The van der Waals surface area contributed by atoms with Gasteiger partial charge >= 0.3 is 0 Å². The van der Waals surface area contributed by atoms with Crippen LogP contribution in [0.15, 0.2) is 18.7 Å². The first kappa shape index (κ1) is 12.2. The molecule has 4 heterocycles.